The molecule has 3 heterocycles. The number of carbonyl (C=O) groups is 4. The molecule has 0 radical (unpaired) electrons. The zero-order valence-electron chi connectivity index (χ0n) is 29.5. The van der Waals surface area contributed by atoms with Crippen molar-refractivity contribution in [3.8, 4) is 5.75 Å². The first-order valence-electron chi connectivity index (χ1n) is 17.5. The number of benzene rings is 1. The normalized spacial score (nSPS) is 46.0. The number of carbonyl (C=O) groups excluding carboxylic acids is 4. The van der Waals surface area contributed by atoms with E-state index in [1.54, 1.807) is 43.7 Å². The van der Waals surface area contributed by atoms with Gasteiger partial charge in [0.2, 0.25) is 6.29 Å². The summed E-state index contributed by atoms with van der Waals surface area (Å²) in [5, 5.41) is 24.9. The summed E-state index contributed by atoms with van der Waals surface area (Å²) in [5.41, 5.74) is -5.15. The van der Waals surface area contributed by atoms with Crippen LogP contribution in [0.2, 0.25) is 0 Å². The second-order valence-corrected chi connectivity index (χ2v) is 16.0. The largest absolute Gasteiger partial charge is 0.497 e. The summed E-state index contributed by atoms with van der Waals surface area (Å²) < 4.78 is 41.7. The third-order valence-corrected chi connectivity index (χ3v) is 14.1. The summed E-state index contributed by atoms with van der Waals surface area (Å²) in [4.78, 5) is 54.3. The highest BCUT2D eigenvalue weighted by atomic mass is 16.7. The van der Waals surface area contributed by atoms with E-state index >= 15 is 4.79 Å². The van der Waals surface area contributed by atoms with Gasteiger partial charge in [-0.05, 0) is 61.6 Å². The number of methoxy groups -OCH3 is 1. The molecule has 4 saturated carbocycles. The van der Waals surface area contributed by atoms with Crippen molar-refractivity contribution < 1.29 is 62.2 Å². The van der Waals surface area contributed by atoms with Crippen LogP contribution in [-0.2, 0) is 38.1 Å². The Morgan fingerprint density at radius 2 is 1.59 bits per heavy atom. The van der Waals surface area contributed by atoms with E-state index in [4.69, 9.17) is 32.8 Å². The molecule has 274 valence electrons. The van der Waals surface area contributed by atoms with Crippen LogP contribution in [-0.4, -0.2) is 90.0 Å². The van der Waals surface area contributed by atoms with E-state index < -0.39 is 93.5 Å². The fourth-order valence-electron chi connectivity index (χ4n) is 12.0. The SMILES string of the molecule is COc1ccc(C(=O)O[C@H]2OC[C@@]34[C@H]5C(=O)[C@H](OC(C)=O)[C@@]6(C)[C@H](c7ccoc7)C[C@H]7O[C@]76[C@]5(C)[C@H](O)C[C@H]3[C@]2(C)[C@H](OC(C)=O)C[C@@H]4O)cc1. The van der Waals surface area contributed by atoms with Gasteiger partial charge in [-0.25, -0.2) is 4.79 Å². The van der Waals surface area contributed by atoms with Crippen LogP contribution in [0.5, 0.6) is 5.75 Å². The number of epoxide rings is 1. The van der Waals surface area contributed by atoms with Crippen LogP contribution in [0, 0.1) is 33.5 Å². The molecule has 14 atom stereocenters. The van der Waals surface area contributed by atoms with Crippen molar-refractivity contribution in [3.05, 3.63) is 54.0 Å². The van der Waals surface area contributed by atoms with Gasteiger partial charge in [0, 0.05) is 42.9 Å². The summed E-state index contributed by atoms with van der Waals surface area (Å²) >= 11 is 0. The number of rotatable bonds is 6. The predicted octanol–water partition coefficient (Wildman–Crippen LogP) is 3.34. The smallest absolute Gasteiger partial charge is 0.340 e. The number of Topliss-reactive ketones (excluding diaryl/α,β-unsaturated/α-hetero) is 1. The van der Waals surface area contributed by atoms with Crippen molar-refractivity contribution in [1.29, 1.82) is 0 Å². The fourth-order valence-corrected chi connectivity index (χ4v) is 12.0. The minimum Gasteiger partial charge on any atom is -0.497 e. The molecule has 2 bridgehead atoms. The molecule has 4 aliphatic carbocycles. The average molecular weight is 709 g/mol. The molecular weight excluding hydrogens is 664 g/mol. The van der Waals surface area contributed by atoms with Gasteiger partial charge in [-0.3, -0.25) is 14.4 Å². The van der Waals surface area contributed by atoms with E-state index in [0.717, 1.165) is 5.56 Å². The van der Waals surface area contributed by atoms with E-state index in [1.165, 1.54) is 21.0 Å². The lowest BCUT2D eigenvalue weighted by atomic mass is 9.33. The lowest BCUT2D eigenvalue weighted by Gasteiger charge is -2.73. The van der Waals surface area contributed by atoms with Crippen molar-refractivity contribution in [3.63, 3.8) is 0 Å². The minimum absolute atomic E-state index is 0.0497. The van der Waals surface area contributed by atoms with Gasteiger partial charge in [-0.1, -0.05) is 13.8 Å². The Labute approximate surface area is 294 Å². The number of hydrogen-bond donors (Lipinski definition) is 2. The topological polar surface area (TPSA) is 181 Å². The molecule has 6 fully saturated rings. The van der Waals surface area contributed by atoms with Gasteiger partial charge in [-0.15, -0.1) is 0 Å². The molecule has 6 aliphatic rings. The van der Waals surface area contributed by atoms with Gasteiger partial charge < -0.3 is 43.1 Å². The molecule has 2 aromatic rings. The maximum Gasteiger partial charge on any atom is 0.340 e. The average Bonchev–Trinajstić information content (AvgIpc) is 3.44. The lowest BCUT2D eigenvalue weighted by molar-refractivity contribution is -0.372. The van der Waals surface area contributed by atoms with Gasteiger partial charge >= 0.3 is 17.9 Å². The number of aliphatic hydroxyl groups is 2. The molecule has 2 saturated heterocycles. The maximum absolute atomic E-state index is 15.4. The molecular formula is C38H44O13. The van der Waals surface area contributed by atoms with Crippen molar-refractivity contribution in [2.45, 2.75) is 102 Å². The minimum atomic E-state index is -1.38. The first-order valence-corrected chi connectivity index (χ1v) is 17.5. The Morgan fingerprint density at radius 1 is 0.882 bits per heavy atom. The molecule has 2 N–H and O–H groups in total. The number of furan rings is 1. The molecule has 1 aromatic heterocycles. The number of aliphatic hydroxyl groups excluding tert-OH is 2. The monoisotopic (exact) mass is 708 g/mol. The quantitative estimate of drug-likeness (QED) is 0.254. The molecule has 13 nitrogen and oxygen atoms in total. The van der Waals surface area contributed by atoms with E-state index in [-0.39, 0.29) is 37.0 Å². The van der Waals surface area contributed by atoms with Crippen molar-refractivity contribution in [1.82, 2.24) is 0 Å². The number of hydrogen-bond acceptors (Lipinski definition) is 13. The van der Waals surface area contributed by atoms with Crippen molar-refractivity contribution in [2.75, 3.05) is 13.7 Å². The molecule has 2 aliphatic heterocycles. The van der Waals surface area contributed by atoms with Crippen molar-refractivity contribution in [2.24, 2.45) is 33.5 Å². The second kappa shape index (κ2) is 11.1. The van der Waals surface area contributed by atoms with Gasteiger partial charge in [0.25, 0.3) is 0 Å². The van der Waals surface area contributed by atoms with Gasteiger partial charge in [0.05, 0.1) is 60.9 Å². The highest BCUT2D eigenvalue weighted by Crippen LogP contribution is 2.83. The maximum atomic E-state index is 15.4. The van der Waals surface area contributed by atoms with Crippen LogP contribution in [0.4, 0.5) is 0 Å². The summed E-state index contributed by atoms with van der Waals surface area (Å²) in [6.07, 6.45) is -2.77. The van der Waals surface area contributed by atoms with Gasteiger partial charge in [0.15, 0.2) is 11.9 Å². The van der Waals surface area contributed by atoms with E-state index in [1.807, 2.05) is 19.9 Å². The summed E-state index contributed by atoms with van der Waals surface area (Å²) in [7, 11) is 1.51. The highest BCUT2D eigenvalue weighted by molar-refractivity contribution is 5.93. The molecule has 13 heteroatoms. The number of ketones is 1. The fraction of sp³-hybridized carbons (Fsp3) is 0.632. The lowest BCUT2D eigenvalue weighted by Crippen LogP contribution is -2.82. The molecule has 0 unspecified atom stereocenters. The Bertz CT molecular complexity index is 1770. The highest BCUT2D eigenvalue weighted by Gasteiger charge is 2.92. The standard InChI is InChI=1S/C38H44O13/c1-18(39)48-27-15-26(42)37-17-47-33(50-32(44)20-7-9-22(45-6)10-8-20)34(27,3)24(37)14-25(41)36(5)30(37)29(43)31(49-19(2)40)35(4)23(21-11-12-46-16-21)13-28-38(35,36)51-28/h7-12,16,23-28,30-31,33,41-42H,13-15,17H2,1-6H3/t23-,24-,25+,26-,27+,28+,30-,31-,33+,34+,35+,36+,37+,38+/m0/s1. The number of ether oxygens (including phenoxy) is 6. The third kappa shape index (κ3) is 4.11. The van der Waals surface area contributed by atoms with Crippen LogP contribution < -0.4 is 4.74 Å². The van der Waals surface area contributed by atoms with Crippen LogP contribution in [0.25, 0.3) is 0 Å². The Morgan fingerprint density at radius 3 is 2.22 bits per heavy atom. The molecule has 1 spiro atoms. The van der Waals surface area contributed by atoms with Crippen LogP contribution in [0.15, 0.2) is 47.3 Å². The van der Waals surface area contributed by atoms with E-state index in [0.29, 0.717) is 12.2 Å². The summed E-state index contributed by atoms with van der Waals surface area (Å²) in [6, 6.07) is 8.18. The molecule has 51 heavy (non-hydrogen) atoms. The summed E-state index contributed by atoms with van der Waals surface area (Å²) in [6.45, 7) is 7.78. The predicted molar refractivity (Wildman–Crippen MR) is 173 cm³/mol. The van der Waals surface area contributed by atoms with Crippen molar-refractivity contribution >= 4 is 23.7 Å². The zero-order chi connectivity index (χ0) is 36.5. The number of fused-ring (bicyclic) bond motifs is 1. The zero-order valence-corrected chi connectivity index (χ0v) is 29.5. The third-order valence-electron chi connectivity index (χ3n) is 14.1. The van der Waals surface area contributed by atoms with Gasteiger partial charge in [0.1, 0.15) is 17.5 Å². The molecule has 1 aromatic carbocycles. The van der Waals surface area contributed by atoms with Crippen LogP contribution in [0.1, 0.15) is 75.7 Å². The van der Waals surface area contributed by atoms with Crippen LogP contribution in [0.3, 0.4) is 0 Å². The second-order valence-electron chi connectivity index (χ2n) is 16.0. The molecule has 0 amide bonds. The Hall–Kier alpha value is -3.78. The van der Waals surface area contributed by atoms with E-state index in [2.05, 4.69) is 0 Å². The first-order chi connectivity index (χ1) is 24.1. The Balaban J connectivity index is 1.26. The van der Waals surface area contributed by atoms with Crippen LogP contribution >= 0.6 is 0 Å². The first kappa shape index (κ1) is 34.3. The molecule has 8 rings (SSSR count). The van der Waals surface area contributed by atoms with E-state index in [9.17, 15) is 24.6 Å². The Kier molecular flexibility index (Phi) is 7.48. The van der Waals surface area contributed by atoms with Gasteiger partial charge in [-0.2, -0.15) is 0 Å². The summed E-state index contributed by atoms with van der Waals surface area (Å²) in [5.74, 6) is -4.06. The number of esters is 3.